The molecule has 0 aromatic carbocycles. The summed E-state index contributed by atoms with van der Waals surface area (Å²) in [5.74, 6) is -2.00. The van der Waals surface area contributed by atoms with Gasteiger partial charge >= 0.3 is 11.0 Å². The Morgan fingerprint density at radius 3 is 2.67 bits per heavy atom. The van der Waals surface area contributed by atoms with Crippen LogP contribution in [0.25, 0.3) is 0 Å². The van der Waals surface area contributed by atoms with Gasteiger partial charge in [0.05, 0.1) is 10.5 Å². The Labute approximate surface area is 105 Å². The van der Waals surface area contributed by atoms with Gasteiger partial charge in [-0.1, -0.05) is 11.3 Å². The van der Waals surface area contributed by atoms with Gasteiger partial charge in [0.25, 0.3) is 5.91 Å². The summed E-state index contributed by atoms with van der Waals surface area (Å²) in [6.07, 6.45) is -0.132. The van der Waals surface area contributed by atoms with Crippen LogP contribution in [0.2, 0.25) is 0 Å². The number of aliphatic hydroxyl groups is 1. The number of nitrogens with zero attached hydrogens (tertiary/aromatic N) is 1. The Morgan fingerprint density at radius 2 is 2.22 bits per heavy atom. The molecule has 8 nitrogen and oxygen atoms in total. The third-order valence-electron chi connectivity index (χ3n) is 2.05. The van der Waals surface area contributed by atoms with E-state index in [1.807, 2.05) is 0 Å². The normalized spacial score (nSPS) is 11.8. The van der Waals surface area contributed by atoms with E-state index in [4.69, 9.17) is 10.2 Å². The van der Waals surface area contributed by atoms with Crippen molar-refractivity contribution in [3.63, 3.8) is 0 Å². The predicted molar refractivity (Wildman–Crippen MR) is 61.6 cm³/mol. The van der Waals surface area contributed by atoms with E-state index in [2.05, 4.69) is 5.32 Å². The standard InChI is InChI=1S/C9H10N2O6S/c12-2-1-6(9(14)15)10-8(13)5-3-7(11(16)17)18-4-5/h3-4,6,12H,1-2H2,(H,10,13)(H,14,15). The van der Waals surface area contributed by atoms with Crippen LogP contribution in [-0.4, -0.2) is 39.7 Å². The topological polar surface area (TPSA) is 130 Å². The van der Waals surface area contributed by atoms with Crippen molar-refractivity contribution in [1.29, 1.82) is 0 Å². The molecule has 0 radical (unpaired) electrons. The number of carboxylic acids is 1. The molecule has 1 unspecified atom stereocenters. The number of hydrogen-bond acceptors (Lipinski definition) is 6. The lowest BCUT2D eigenvalue weighted by molar-refractivity contribution is -0.380. The van der Waals surface area contributed by atoms with Crippen LogP contribution in [0.4, 0.5) is 5.00 Å². The number of carbonyl (C=O) groups excluding carboxylic acids is 1. The zero-order valence-electron chi connectivity index (χ0n) is 9.03. The Hall–Kier alpha value is -2.00. The predicted octanol–water partition coefficient (Wildman–Crippen LogP) is 0.222. The van der Waals surface area contributed by atoms with Gasteiger partial charge in [0, 0.05) is 24.5 Å². The first-order valence-corrected chi connectivity index (χ1v) is 5.71. The molecule has 0 saturated carbocycles. The average molecular weight is 274 g/mol. The van der Waals surface area contributed by atoms with Gasteiger partial charge in [-0.2, -0.15) is 0 Å². The van der Waals surface area contributed by atoms with Gasteiger partial charge < -0.3 is 15.5 Å². The van der Waals surface area contributed by atoms with Gasteiger partial charge in [0.2, 0.25) is 0 Å². The monoisotopic (exact) mass is 274 g/mol. The highest BCUT2D eigenvalue weighted by Gasteiger charge is 2.22. The highest BCUT2D eigenvalue weighted by molar-refractivity contribution is 7.13. The quantitative estimate of drug-likeness (QED) is 0.502. The van der Waals surface area contributed by atoms with Gasteiger partial charge in [-0.3, -0.25) is 14.9 Å². The smallest absolute Gasteiger partial charge is 0.326 e. The molecule has 9 heteroatoms. The Morgan fingerprint density at radius 1 is 1.56 bits per heavy atom. The second-order valence-corrected chi connectivity index (χ2v) is 4.20. The fraction of sp³-hybridized carbons (Fsp3) is 0.333. The lowest BCUT2D eigenvalue weighted by Crippen LogP contribution is -2.41. The van der Waals surface area contributed by atoms with Crippen LogP contribution in [0, 0.1) is 10.1 Å². The maximum Gasteiger partial charge on any atom is 0.326 e. The van der Waals surface area contributed by atoms with Crippen LogP contribution in [0.3, 0.4) is 0 Å². The molecular formula is C9H10N2O6S. The van der Waals surface area contributed by atoms with Crippen molar-refractivity contribution in [2.45, 2.75) is 12.5 Å². The fourth-order valence-electron chi connectivity index (χ4n) is 1.17. The van der Waals surface area contributed by atoms with Crippen molar-refractivity contribution in [3.8, 4) is 0 Å². The number of carbonyl (C=O) groups is 2. The van der Waals surface area contributed by atoms with Crippen molar-refractivity contribution in [2.75, 3.05) is 6.61 Å². The minimum absolute atomic E-state index is 0.0240. The molecule has 1 heterocycles. The van der Waals surface area contributed by atoms with E-state index in [0.717, 1.165) is 17.4 Å². The van der Waals surface area contributed by atoms with Crippen molar-refractivity contribution in [3.05, 3.63) is 27.1 Å². The number of rotatable bonds is 6. The zero-order chi connectivity index (χ0) is 13.7. The Balaban J connectivity index is 2.74. The van der Waals surface area contributed by atoms with Crippen molar-refractivity contribution < 1.29 is 24.7 Å². The molecule has 1 rings (SSSR count). The number of thiophene rings is 1. The molecule has 3 N–H and O–H groups in total. The van der Waals surface area contributed by atoms with Crippen LogP contribution < -0.4 is 5.32 Å². The number of amides is 1. The molecule has 18 heavy (non-hydrogen) atoms. The molecule has 0 spiro atoms. The summed E-state index contributed by atoms with van der Waals surface area (Å²) >= 11 is 0.778. The largest absolute Gasteiger partial charge is 0.480 e. The number of aliphatic hydroxyl groups excluding tert-OH is 1. The number of nitrogens with one attached hydrogen (secondary N) is 1. The summed E-state index contributed by atoms with van der Waals surface area (Å²) < 4.78 is 0. The summed E-state index contributed by atoms with van der Waals surface area (Å²) in [4.78, 5) is 32.1. The minimum Gasteiger partial charge on any atom is -0.480 e. The van der Waals surface area contributed by atoms with Crippen LogP contribution >= 0.6 is 11.3 Å². The minimum atomic E-state index is -1.28. The molecule has 1 aromatic rings. The van der Waals surface area contributed by atoms with Crippen LogP contribution in [0.15, 0.2) is 11.4 Å². The second-order valence-electron chi connectivity index (χ2n) is 3.31. The van der Waals surface area contributed by atoms with Crippen LogP contribution in [-0.2, 0) is 4.79 Å². The first-order valence-electron chi connectivity index (χ1n) is 4.83. The van der Waals surface area contributed by atoms with E-state index < -0.39 is 22.8 Å². The summed E-state index contributed by atoms with van der Waals surface area (Å²) in [6, 6.07) is -0.154. The first kappa shape index (κ1) is 14.1. The van der Waals surface area contributed by atoms with Crippen molar-refractivity contribution in [2.24, 2.45) is 0 Å². The van der Waals surface area contributed by atoms with Gasteiger partial charge in [0.1, 0.15) is 6.04 Å². The Bertz CT molecular complexity index is 471. The van der Waals surface area contributed by atoms with Gasteiger partial charge in [0.15, 0.2) is 0 Å². The fourth-order valence-corrected chi connectivity index (χ4v) is 1.87. The van der Waals surface area contributed by atoms with Gasteiger partial charge in [-0.15, -0.1) is 0 Å². The summed E-state index contributed by atoms with van der Waals surface area (Å²) in [7, 11) is 0. The molecular weight excluding hydrogens is 264 g/mol. The van der Waals surface area contributed by atoms with Gasteiger partial charge in [-0.25, -0.2) is 4.79 Å². The second kappa shape index (κ2) is 6.07. The van der Waals surface area contributed by atoms with Gasteiger partial charge in [-0.05, 0) is 0 Å². The Kier molecular flexibility index (Phi) is 4.75. The molecule has 1 atom stereocenters. The number of hydrogen-bond donors (Lipinski definition) is 3. The molecule has 0 fully saturated rings. The van der Waals surface area contributed by atoms with E-state index in [9.17, 15) is 19.7 Å². The summed E-state index contributed by atoms with van der Waals surface area (Å²) in [5, 5.41) is 31.1. The molecule has 1 amide bonds. The summed E-state index contributed by atoms with van der Waals surface area (Å²) in [5.41, 5.74) is 0.0240. The average Bonchev–Trinajstić information content (AvgIpc) is 2.77. The molecule has 0 aliphatic heterocycles. The molecule has 0 aliphatic carbocycles. The first-order chi connectivity index (χ1) is 8.45. The molecule has 1 aromatic heterocycles. The number of aliphatic carboxylic acids is 1. The lowest BCUT2D eigenvalue weighted by atomic mass is 10.2. The van der Waals surface area contributed by atoms with E-state index in [-0.39, 0.29) is 23.6 Å². The van der Waals surface area contributed by atoms with E-state index in [1.54, 1.807) is 0 Å². The van der Waals surface area contributed by atoms with Crippen molar-refractivity contribution >= 4 is 28.2 Å². The SMILES string of the molecule is O=C(NC(CCO)C(=O)O)c1csc([N+](=O)[O-])c1. The van der Waals surface area contributed by atoms with Crippen LogP contribution in [0.1, 0.15) is 16.8 Å². The molecule has 0 bridgehead atoms. The highest BCUT2D eigenvalue weighted by Crippen LogP contribution is 2.22. The zero-order valence-corrected chi connectivity index (χ0v) is 9.85. The van der Waals surface area contributed by atoms with E-state index >= 15 is 0 Å². The summed E-state index contributed by atoms with van der Waals surface area (Å²) in [6.45, 7) is -0.388. The maximum atomic E-state index is 11.6. The molecule has 98 valence electrons. The van der Waals surface area contributed by atoms with E-state index in [0.29, 0.717) is 0 Å². The molecule has 0 aliphatic rings. The third kappa shape index (κ3) is 3.50. The van der Waals surface area contributed by atoms with E-state index in [1.165, 1.54) is 5.38 Å². The molecule has 0 saturated heterocycles. The highest BCUT2D eigenvalue weighted by atomic mass is 32.1. The number of nitro groups is 1. The van der Waals surface area contributed by atoms with Crippen molar-refractivity contribution in [1.82, 2.24) is 5.32 Å². The van der Waals surface area contributed by atoms with Crippen LogP contribution in [0.5, 0.6) is 0 Å². The lowest BCUT2D eigenvalue weighted by Gasteiger charge is -2.12. The third-order valence-corrected chi connectivity index (χ3v) is 2.93. The maximum absolute atomic E-state index is 11.6. The number of carboxylic acid groups (broad SMARTS) is 1.